The molecule has 3 N–H and O–H groups in total. The molecule has 0 saturated heterocycles. The first kappa shape index (κ1) is 29.4. The molecular formula is C34H33N3O3S. The van der Waals surface area contributed by atoms with Gasteiger partial charge in [-0.05, 0) is 73.9 Å². The molecule has 208 valence electrons. The summed E-state index contributed by atoms with van der Waals surface area (Å²) in [7, 11) is 0. The Morgan fingerprint density at radius 3 is 2.27 bits per heavy atom. The zero-order valence-corrected chi connectivity index (χ0v) is 24.1. The van der Waals surface area contributed by atoms with E-state index in [-0.39, 0.29) is 22.8 Å². The number of rotatable bonds is 10. The van der Waals surface area contributed by atoms with Crippen LogP contribution in [0, 0.1) is 13.8 Å². The second-order valence-corrected chi connectivity index (χ2v) is 10.9. The summed E-state index contributed by atoms with van der Waals surface area (Å²) in [5.41, 5.74) is 4.74. The highest BCUT2D eigenvalue weighted by Gasteiger charge is 2.20. The van der Waals surface area contributed by atoms with Crippen molar-refractivity contribution in [2.75, 3.05) is 10.6 Å². The Bertz CT molecular complexity index is 1570. The summed E-state index contributed by atoms with van der Waals surface area (Å²) >= 11 is 1.44. The molecule has 0 aromatic heterocycles. The summed E-state index contributed by atoms with van der Waals surface area (Å²) in [6.07, 6.45) is 2.29. The van der Waals surface area contributed by atoms with Crippen molar-refractivity contribution >= 4 is 46.9 Å². The van der Waals surface area contributed by atoms with Gasteiger partial charge in [-0.3, -0.25) is 14.4 Å². The normalized spacial score (nSPS) is 11.8. The first-order valence-corrected chi connectivity index (χ1v) is 14.3. The lowest BCUT2D eigenvalue weighted by atomic mass is 10.1. The number of anilines is 2. The molecule has 0 heterocycles. The average Bonchev–Trinajstić information content (AvgIpc) is 2.97. The monoisotopic (exact) mass is 563 g/mol. The topological polar surface area (TPSA) is 87.3 Å². The SMILES string of the molecule is CCC(Sc1cccc(NC(=O)/C(=C\c2cccc(C)c2)NC(=O)c2ccccc2)c1)C(=O)Nc1ccccc1C. The molecule has 6 nitrogen and oxygen atoms in total. The van der Waals surface area contributed by atoms with E-state index in [1.165, 1.54) is 11.8 Å². The van der Waals surface area contributed by atoms with E-state index in [1.807, 2.05) is 93.6 Å². The molecule has 41 heavy (non-hydrogen) atoms. The highest BCUT2D eigenvalue weighted by Crippen LogP contribution is 2.29. The number of amides is 3. The van der Waals surface area contributed by atoms with Gasteiger partial charge in [-0.25, -0.2) is 0 Å². The van der Waals surface area contributed by atoms with Crippen LogP contribution >= 0.6 is 11.8 Å². The van der Waals surface area contributed by atoms with Crippen LogP contribution in [0.1, 0.15) is 40.4 Å². The molecule has 0 aliphatic heterocycles. The fraction of sp³-hybridized carbons (Fsp3) is 0.147. The van der Waals surface area contributed by atoms with Crippen LogP contribution in [0.4, 0.5) is 11.4 Å². The molecule has 4 rings (SSSR count). The number of nitrogens with one attached hydrogen (secondary N) is 3. The molecule has 0 spiro atoms. The number of benzene rings is 4. The van der Waals surface area contributed by atoms with Gasteiger partial charge in [-0.15, -0.1) is 11.8 Å². The molecule has 4 aromatic rings. The largest absolute Gasteiger partial charge is 0.325 e. The van der Waals surface area contributed by atoms with E-state index in [0.717, 1.165) is 27.3 Å². The van der Waals surface area contributed by atoms with Gasteiger partial charge in [0, 0.05) is 21.8 Å². The van der Waals surface area contributed by atoms with E-state index in [4.69, 9.17) is 0 Å². The third-order valence-corrected chi connectivity index (χ3v) is 7.68. The van der Waals surface area contributed by atoms with Crippen molar-refractivity contribution in [2.24, 2.45) is 0 Å². The maximum Gasteiger partial charge on any atom is 0.272 e. The number of carbonyl (C=O) groups excluding carboxylic acids is 3. The van der Waals surface area contributed by atoms with Crippen LogP contribution in [0.15, 0.2) is 114 Å². The van der Waals surface area contributed by atoms with Crippen LogP contribution < -0.4 is 16.0 Å². The van der Waals surface area contributed by atoms with Crippen LogP contribution in [0.2, 0.25) is 0 Å². The second-order valence-electron chi connectivity index (χ2n) is 9.59. The zero-order valence-electron chi connectivity index (χ0n) is 23.3. The van der Waals surface area contributed by atoms with E-state index in [1.54, 1.807) is 36.4 Å². The summed E-state index contributed by atoms with van der Waals surface area (Å²) in [5.74, 6) is -0.912. The Hall–Kier alpha value is -4.62. The summed E-state index contributed by atoms with van der Waals surface area (Å²) in [6, 6.07) is 31.4. The number of para-hydroxylation sites is 1. The minimum Gasteiger partial charge on any atom is -0.325 e. The molecule has 0 fully saturated rings. The number of carbonyl (C=O) groups is 3. The Labute approximate surface area is 245 Å². The van der Waals surface area contributed by atoms with E-state index < -0.39 is 5.91 Å². The van der Waals surface area contributed by atoms with Gasteiger partial charge in [0.2, 0.25) is 5.91 Å². The van der Waals surface area contributed by atoms with E-state index in [9.17, 15) is 14.4 Å². The lowest BCUT2D eigenvalue weighted by Gasteiger charge is -2.17. The van der Waals surface area contributed by atoms with Crippen molar-refractivity contribution in [3.63, 3.8) is 0 Å². The van der Waals surface area contributed by atoms with Gasteiger partial charge in [-0.1, -0.05) is 79.2 Å². The predicted octanol–water partition coefficient (Wildman–Crippen LogP) is 7.22. The third kappa shape index (κ3) is 8.43. The highest BCUT2D eigenvalue weighted by atomic mass is 32.2. The smallest absolute Gasteiger partial charge is 0.272 e. The fourth-order valence-electron chi connectivity index (χ4n) is 4.13. The Balaban J connectivity index is 1.50. The molecule has 1 atom stereocenters. The van der Waals surface area contributed by atoms with Crippen molar-refractivity contribution in [1.29, 1.82) is 0 Å². The Morgan fingerprint density at radius 2 is 1.54 bits per heavy atom. The Morgan fingerprint density at radius 1 is 0.805 bits per heavy atom. The number of hydrogen-bond donors (Lipinski definition) is 3. The minimum atomic E-state index is -0.456. The molecular weight excluding hydrogens is 530 g/mol. The van der Waals surface area contributed by atoms with Gasteiger partial charge < -0.3 is 16.0 Å². The molecule has 3 amide bonds. The molecule has 4 aromatic carbocycles. The van der Waals surface area contributed by atoms with Crippen LogP contribution in [-0.2, 0) is 9.59 Å². The summed E-state index contributed by atoms with van der Waals surface area (Å²) < 4.78 is 0. The van der Waals surface area contributed by atoms with Crippen molar-refractivity contribution in [3.05, 3.63) is 131 Å². The standard InChI is InChI=1S/C34H33N3O3S/c1-4-31(34(40)36-29-19-9-8-13-24(29)3)41-28-18-11-17-27(22-28)35-33(39)30(21-25-14-10-12-23(2)20-25)37-32(38)26-15-6-5-7-16-26/h5-22,31H,4H2,1-3H3,(H,35,39)(H,36,40)(H,37,38)/b30-21+. The zero-order chi connectivity index (χ0) is 29.2. The number of hydrogen-bond acceptors (Lipinski definition) is 4. The van der Waals surface area contributed by atoms with E-state index in [0.29, 0.717) is 17.7 Å². The molecule has 7 heteroatoms. The summed E-state index contributed by atoms with van der Waals surface area (Å²) in [4.78, 5) is 40.2. The van der Waals surface area contributed by atoms with E-state index in [2.05, 4.69) is 16.0 Å². The lowest BCUT2D eigenvalue weighted by molar-refractivity contribution is -0.116. The fourth-order valence-corrected chi connectivity index (χ4v) is 5.14. The van der Waals surface area contributed by atoms with Crippen molar-refractivity contribution in [2.45, 2.75) is 37.3 Å². The van der Waals surface area contributed by atoms with Crippen molar-refractivity contribution in [1.82, 2.24) is 5.32 Å². The molecule has 0 bridgehead atoms. The maximum atomic E-state index is 13.4. The van der Waals surface area contributed by atoms with Crippen LogP contribution in [0.3, 0.4) is 0 Å². The van der Waals surface area contributed by atoms with Crippen LogP contribution in [-0.4, -0.2) is 23.0 Å². The first-order valence-electron chi connectivity index (χ1n) is 13.4. The number of thioether (sulfide) groups is 1. The quantitative estimate of drug-likeness (QED) is 0.140. The maximum absolute atomic E-state index is 13.4. The molecule has 0 aliphatic rings. The van der Waals surface area contributed by atoms with Crippen molar-refractivity contribution in [3.8, 4) is 0 Å². The van der Waals surface area contributed by atoms with Gasteiger partial charge in [0.15, 0.2) is 0 Å². The Kier molecular flexibility index (Phi) is 10.1. The van der Waals surface area contributed by atoms with Gasteiger partial charge in [0.1, 0.15) is 5.70 Å². The molecule has 0 saturated carbocycles. The van der Waals surface area contributed by atoms with Crippen LogP contribution in [0.25, 0.3) is 6.08 Å². The lowest BCUT2D eigenvalue weighted by Crippen LogP contribution is -2.30. The van der Waals surface area contributed by atoms with Gasteiger partial charge >= 0.3 is 0 Å². The van der Waals surface area contributed by atoms with E-state index >= 15 is 0 Å². The summed E-state index contributed by atoms with van der Waals surface area (Å²) in [6.45, 7) is 5.89. The predicted molar refractivity (Wildman–Crippen MR) is 168 cm³/mol. The minimum absolute atomic E-state index is 0.0757. The molecule has 1 unspecified atom stereocenters. The molecule has 0 aliphatic carbocycles. The molecule has 0 radical (unpaired) electrons. The van der Waals surface area contributed by atoms with Gasteiger partial charge in [-0.2, -0.15) is 0 Å². The first-order chi connectivity index (χ1) is 19.8. The highest BCUT2D eigenvalue weighted by molar-refractivity contribution is 8.00. The van der Waals surface area contributed by atoms with Crippen LogP contribution in [0.5, 0.6) is 0 Å². The van der Waals surface area contributed by atoms with Gasteiger partial charge in [0.05, 0.1) is 5.25 Å². The van der Waals surface area contributed by atoms with Crippen molar-refractivity contribution < 1.29 is 14.4 Å². The third-order valence-electron chi connectivity index (χ3n) is 6.32. The second kappa shape index (κ2) is 14.1. The average molecular weight is 564 g/mol. The van der Waals surface area contributed by atoms with Gasteiger partial charge in [0.25, 0.3) is 11.8 Å². The summed E-state index contributed by atoms with van der Waals surface area (Å²) in [5, 5.41) is 8.39. The number of aryl methyl sites for hydroxylation is 2.